The number of ether oxygens (including phenoxy) is 1. The molecule has 6 heteroatoms. The molecule has 0 radical (unpaired) electrons. The van der Waals surface area contributed by atoms with Gasteiger partial charge in [-0.1, -0.05) is 327 Å². The van der Waals surface area contributed by atoms with Crippen LogP contribution in [0.15, 0.2) is 24.3 Å². The lowest BCUT2D eigenvalue weighted by Gasteiger charge is -2.20. The summed E-state index contributed by atoms with van der Waals surface area (Å²) in [6.07, 6.45) is 79.5. The molecule has 0 aliphatic heterocycles. The molecule has 0 aromatic carbocycles. The molecule has 3 N–H and O–H groups in total. The smallest absolute Gasteiger partial charge is 0.305 e. The van der Waals surface area contributed by atoms with Crippen LogP contribution >= 0.6 is 0 Å². The van der Waals surface area contributed by atoms with Gasteiger partial charge in [0.1, 0.15) is 0 Å². The summed E-state index contributed by atoms with van der Waals surface area (Å²) < 4.78 is 5.49. The quantitative estimate of drug-likeness (QED) is 0.0320. The van der Waals surface area contributed by atoms with Crippen molar-refractivity contribution in [2.24, 2.45) is 0 Å². The molecule has 0 bridgehead atoms. The zero-order chi connectivity index (χ0) is 53.6. The fraction of sp³-hybridized carbons (Fsp3) is 0.912. The fourth-order valence-corrected chi connectivity index (χ4v) is 10.6. The number of aliphatic hydroxyl groups excluding tert-OH is 2. The largest absolute Gasteiger partial charge is 0.466 e. The van der Waals surface area contributed by atoms with Crippen LogP contribution in [0, 0.1) is 0 Å². The molecule has 0 spiro atoms. The van der Waals surface area contributed by atoms with Gasteiger partial charge < -0.3 is 20.3 Å². The maximum Gasteiger partial charge on any atom is 0.305 e. The Morgan fingerprint density at radius 2 is 0.635 bits per heavy atom. The van der Waals surface area contributed by atoms with Crippen LogP contribution < -0.4 is 5.32 Å². The van der Waals surface area contributed by atoms with Crippen LogP contribution in [-0.2, 0) is 14.3 Å². The number of hydrogen-bond acceptors (Lipinski definition) is 5. The highest BCUT2D eigenvalue weighted by Gasteiger charge is 2.18. The number of rotatable bonds is 63. The Morgan fingerprint density at radius 3 is 0.959 bits per heavy atom. The fourth-order valence-electron chi connectivity index (χ4n) is 10.6. The van der Waals surface area contributed by atoms with E-state index in [-0.39, 0.29) is 18.5 Å². The Morgan fingerprint density at radius 1 is 0.365 bits per heavy atom. The number of unbranched alkanes of at least 4 members (excludes halogenated alkanes) is 50. The Bertz CT molecular complexity index is 1150. The predicted molar refractivity (Wildman–Crippen MR) is 324 cm³/mol. The first kappa shape index (κ1) is 72.3. The van der Waals surface area contributed by atoms with Gasteiger partial charge in [0.15, 0.2) is 0 Å². The van der Waals surface area contributed by atoms with Gasteiger partial charge in [-0.3, -0.25) is 9.59 Å². The van der Waals surface area contributed by atoms with Crippen molar-refractivity contribution >= 4 is 11.9 Å². The molecule has 0 aromatic rings. The second-order valence-electron chi connectivity index (χ2n) is 23.2. The lowest BCUT2D eigenvalue weighted by molar-refractivity contribution is -0.143. The summed E-state index contributed by atoms with van der Waals surface area (Å²) >= 11 is 0. The summed E-state index contributed by atoms with van der Waals surface area (Å²) in [4.78, 5) is 24.6. The van der Waals surface area contributed by atoms with Gasteiger partial charge in [0, 0.05) is 12.8 Å². The van der Waals surface area contributed by atoms with Crippen molar-refractivity contribution in [2.45, 2.75) is 386 Å². The topological polar surface area (TPSA) is 95.9 Å². The van der Waals surface area contributed by atoms with Gasteiger partial charge in [-0.05, 0) is 57.8 Å². The molecular formula is C68H131NO5. The van der Waals surface area contributed by atoms with Crippen LogP contribution in [0.25, 0.3) is 0 Å². The number of nitrogens with one attached hydrogen (secondary N) is 1. The van der Waals surface area contributed by atoms with Crippen molar-refractivity contribution in [1.29, 1.82) is 0 Å². The van der Waals surface area contributed by atoms with E-state index in [9.17, 15) is 19.8 Å². The third-order valence-electron chi connectivity index (χ3n) is 15.7. The monoisotopic (exact) mass is 1040 g/mol. The van der Waals surface area contributed by atoms with E-state index in [0.717, 1.165) is 44.9 Å². The molecule has 1 amide bonds. The highest BCUT2D eigenvalue weighted by molar-refractivity contribution is 5.76. The van der Waals surface area contributed by atoms with E-state index in [2.05, 4.69) is 31.3 Å². The summed E-state index contributed by atoms with van der Waals surface area (Å²) in [5, 5.41) is 23.2. The van der Waals surface area contributed by atoms with Crippen LogP contribution in [0.2, 0.25) is 0 Å². The lowest BCUT2D eigenvalue weighted by atomic mass is 10.0. The first-order valence-electron chi connectivity index (χ1n) is 33.6. The molecule has 74 heavy (non-hydrogen) atoms. The number of esters is 1. The average molecular weight is 1040 g/mol. The number of amides is 1. The van der Waals surface area contributed by atoms with Gasteiger partial charge in [-0.2, -0.15) is 0 Å². The molecule has 438 valence electrons. The zero-order valence-corrected chi connectivity index (χ0v) is 50.1. The highest BCUT2D eigenvalue weighted by Crippen LogP contribution is 2.18. The molecule has 0 aliphatic rings. The maximum absolute atomic E-state index is 12.5. The first-order chi connectivity index (χ1) is 36.5. The van der Waals surface area contributed by atoms with Gasteiger partial charge in [0.2, 0.25) is 5.91 Å². The molecule has 0 heterocycles. The van der Waals surface area contributed by atoms with E-state index >= 15 is 0 Å². The molecule has 2 atom stereocenters. The first-order valence-corrected chi connectivity index (χ1v) is 33.6. The van der Waals surface area contributed by atoms with E-state index in [1.54, 1.807) is 6.08 Å². The summed E-state index contributed by atoms with van der Waals surface area (Å²) in [6, 6.07) is -0.634. The van der Waals surface area contributed by atoms with Crippen molar-refractivity contribution < 1.29 is 24.5 Å². The number of aliphatic hydroxyl groups is 2. The molecule has 0 saturated carbocycles. The standard InChI is InChI=1S/C68H131NO5/c1-3-5-7-9-11-13-15-17-19-21-22-26-29-32-36-40-44-48-52-56-60-66(71)65(64-70)69-67(72)61-57-53-49-45-41-37-33-30-27-24-23-25-28-31-35-39-43-47-51-55-59-63-74-68(73)62-58-54-50-46-42-38-34-20-18-16-14-12-10-8-6-4-2/h24,27,56,60,65-66,70-71H,3-23,25-26,28-55,57-59,61-64H2,1-2H3,(H,69,72)/b27-24-,60-56+. The van der Waals surface area contributed by atoms with E-state index < -0.39 is 12.1 Å². The van der Waals surface area contributed by atoms with Crippen LogP contribution in [0.3, 0.4) is 0 Å². The number of carbonyl (C=O) groups is 2. The van der Waals surface area contributed by atoms with Gasteiger partial charge in [0.05, 0.1) is 25.4 Å². The van der Waals surface area contributed by atoms with E-state index in [1.165, 1.54) is 302 Å². The minimum absolute atomic E-state index is 0.0117. The van der Waals surface area contributed by atoms with Crippen LogP contribution in [0.1, 0.15) is 373 Å². The molecule has 0 rings (SSSR count). The molecular weight excluding hydrogens is 911 g/mol. The van der Waals surface area contributed by atoms with E-state index in [4.69, 9.17) is 4.74 Å². The zero-order valence-electron chi connectivity index (χ0n) is 50.1. The van der Waals surface area contributed by atoms with E-state index in [0.29, 0.717) is 19.4 Å². The Balaban J connectivity index is 3.44. The number of hydrogen-bond donors (Lipinski definition) is 3. The van der Waals surface area contributed by atoms with E-state index in [1.807, 2.05) is 6.08 Å². The molecule has 2 unspecified atom stereocenters. The van der Waals surface area contributed by atoms with Crippen molar-refractivity contribution in [1.82, 2.24) is 5.32 Å². The molecule has 6 nitrogen and oxygen atoms in total. The van der Waals surface area contributed by atoms with Gasteiger partial charge in [-0.15, -0.1) is 0 Å². The summed E-state index contributed by atoms with van der Waals surface area (Å²) in [5.41, 5.74) is 0. The third kappa shape index (κ3) is 59.6. The van der Waals surface area contributed by atoms with Gasteiger partial charge in [0.25, 0.3) is 0 Å². The molecule has 0 aliphatic carbocycles. The minimum atomic E-state index is -0.850. The predicted octanol–water partition coefficient (Wildman–Crippen LogP) is 21.4. The Labute approximate surface area is 462 Å². The minimum Gasteiger partial charge on any atom is -0.466 e. The second-order valence-corrected chi connectivity index (χ2v) is 23.2. The van der Waals surface area contributed by atoms with Crippen molar-refractivity contribution in [3.05, 3.63) is 24.3 Å². The lowest BCUT2D eigenvalue weighted by Crippen LogP contribution is -2.45. The van der Waals surface area contributed by atoms with Crippen LogP contribution in [0.5, 0.6) is 0 Å². The maximum atomic E-state index is 12.5. The van der Waals surface area contributed by atoms with Gasteiger partial charge >= 0.3 is 5.97 Å². The Kier molecular flexibility index (Phi) is 62.4. The second kappa shape index (κ2) is 63.9. The molecule has 0 saturated heterocycles. The number of carbonyl (C=O) groups excluding carboxylic acids is 2. The van der Waals surface area contributed by atoms with Crippen molar-refractivity contribution in [3.8, 4) is 0 Å². The van der Waals surface area contributed by atoms with Crippen molar-refractivity contribution in [3.63, 3.8) is 0 Å². The van der Waals surface area contributed by atoms with Crippen LogP contribution in [-0.4, -0.2) is 47.4 Å². The molecule has 0 fully saturated rings. The normalized spacial score (nSPS) is 12.6. The SMILES string of the molecule is CCCCCCCCCCCCCCCCCCCC/C=C/C(O)C(CO)NC(=O)CCCCCCCCC/C=C\CCCCCCCCCCCCOC(=O)CCCCCCCCCCCCCCCCCC. The van der Waals surface area contributed by atoms with Gasteiger partial charge in [-0.25, -0.2) is 0 Å². The van der Waals surface area contributed by atoms with Crippen LogP contribution in [0.4, 0.5) is 0 Å². The third-order valence-corrected chi connectivity index (χ3v) is 15.7. The summed E-state index contributed by atoms with van der Waals surface area (Å²) in [6.45, 7) is 4.93. The highest BCUT2D eigenvalue weighted by atomic mass is 16.5. The summed E-state index contributed by atoms with van der Waals surface area (Å²) in [5.74, 6) is -0.0605. The average Bonchev–Trinajstić information content (AvgIpc) is 3.40. The Hall–Kier alpha value is -1.66. The number of allylic oxidation sites excluding steroid dienone is 3. The van der Waals surface area contributed by atoms with Crippen molar-refractivity contribution in [2.75, 3.05) is 13.2 Å². The summed E-state index contributed by atoms with van der Waals surface area (Å²) in [7, 11) is 0. The molecule has 0 aromatic heterocycles.